The zero-order valence-electron chi connectivity index (χ0n) is 16.8. The number of aromatic nitrogens is 2. The van der Waals surface area contributed by atoms with Gasteiger partial charge in [-0.05, 0) is 26.7 Å². The van der Waals surface area contributed by atoms with E-state index in [2.05, 4.69) is 23.4 Å². The second kappa shape index (κ2) is 8.31. The van der Waals surface area contributed by atoms with Crippen molar-refractivity contribution < 1.29 is 14.3 Å². The van der Waals surface area contributed by atoms with Crippen molar-refractivity contribution in [3.8, 4) is 0 Å². The van der Waals surface area contributed by atoms with E-state index in [1.165, 1.54) is 0 Å². The normalized spacial score (nSPS) is 20.2. The summed E-state index contributed by atoms with van der Waals surface area (Å²) >= 11 is 0. The maximum Gasteiger partial charge on any atom is 0.410 e. The highest BCUT2D eigenvalue weighted by atomic mass is 16.6. The van der Waals surface area contributed by atoms with E-state index in [4.69, 9.17) is 4.74 Å². The zero-order valence-corrected chi connectivity index (χ0v) is 16.8. The van der Waals surface area contributed by atoms with Crippen LogP contribution in [0.1, 0.15) is 58.2 Å². The van der Waals surface area contributed by atoms with Crippen LogP contribution < -0.4 is 0 Å². The molecule has 1 aromatic heterocycles. The van der Waals surface area contributed by atoms with Crippen LogP contribution in [0.2, 0.25) is 0 Å². The summed E-state index contributed by atoms with van der Waals surface area (Å²) in [6, 6.07) is 0.216. The first-order chi connectivity index (χ1) is 12.9. The van der Waals surface area contributed by atoms with Crippen molar-refractivity contribution in [2.75, 3.05) is 19.6 Å². The molecule has 1 aromatic rings. The molecule has 7 heteroatoms. The molecule has 2 aliphatic rings. The van der Waals surface area contributed by atoms with Gasteiger partial charge < -0.3 is 19.1 Å². The van der Waals surface area contributed by atoms with E-state index in [9.17, 15) is 9.59 Å². The zero-order chi connectivity index (χ0) is 19.4. The number of likely N-dealkylation sites (tertiary alicyclic amines) is 1. The minimum absolute atomic E-state index is 0.188. The number of aryl methyl sites for hydroxylation is 2. The molecule has 27 heavy (non-hydrogen) atoms. The Balaban J connectivity index is 1.45. The van der Waals surface area contributed by atoms with E-state index >= 15 is 0 Å². The third-order valence-corrected chi connectivity index (χ3v) is 5.98. The number of piperidine rings is 1. The minimum atomic E-state index is -0.399. The fourth-order valence-electron chi connectivity index (χ4n) is 4.18. The van der Waals surface area contributed by atoms with E-state index in [1.807, 2.05) is 22.9 Å². The SMILES string of the molecule is CCC[C@@H](C)N1CC2(CCN(C(=O)CCCn3ccnc3C)CC2)OC1=O. The molecule has 2 aliphatic heterocycles. The fraction of sp³-hybridized carbons (Fsp3) is 0.750. The number of carbonyl (C=O) groups excluding carboxylic acids is 2. The van der Waals surface area contributed by atoms with Crippen LogP contribution in [-0.2, 0) is 16.1 Å². The Morgan fingerprint density at radius 3 is 2.74 bits per heavy atom. The molecule has 0 bridgehead atoms. The summed E-state index contributed by atoms with van der Waals surface area (Å²) < 4.78 is 7.85. The van der Waals surface area contributed by atoms with Gasteiger partial charge in [0.15, 0.2) is 0 Å². The molecule has 0 unspecified atom stereocenters. The molecule has 1 atom stereocenters. The van der Waals surface area contributed by atoms with Crippen molar-refractivity contribution in [3.05, 3.63) is 18.2 Å². The first kappa shape index (κ1) is 19.7. The molecule has 2 amide bonds. The van der Waals surface area contributed by atoms with Crippen LogP contribution in [0.4, 0.5) is 4.79 Å². The lowest BCUT2D eigenvalue weighted by molar-refractivity contribution is -0.134. The van der Waals surface area contributed by atoms with Crippen molar-refractivity contribution in [3.63, 3.8) is 0 Å². The molecule has 1 spiro atoms. The second-order valence-corrected chi connectivity index (χ2v) is 7.97. The average molecular weight is 377 g/mol. The van der Waals surface area contributed by atoms with Gasteiger partial charge in [0.1, 0.15) is 11.4 Å². The fourth-order valence-corrected chi connectivity index (χ4v) is 4.18. The molecule has 3 heterocycles. The van der Waals surface area contributed by atoms with Crippen LogP contribution in [0, 0.1) is 6.92 Å². The van der Waals surface area contributed by atoms with Crippen LogP contribution in [-0.4, -0.2) is 62.6 Å². The van der Waals surface area contributed by atoms with E-state index in [0.717, 1.165) is 44.5 Å². The first-order valence-corrected chi connectivity index (χ1v) is 10.2. The van der Waals surface area contributed by atoms with E-state index in [0.29, 0.717) is 26.1 Å². The molecule has 0 saturated carbocycles. The molecule has 0 radical (unpaired) electrons. The highest BCUT2D eigenvalue weighted by Gasteiger charge is 2.48. The predicted octanol–water partition coefficient (Wildman–Crippen LogP) is 2.97. The first-order valence-electron chi connectivity index (χ1n) is 10.2. The summed E-state index contributed by atoms with van der Waals surface area (Å²) in [7, 11) is 0. The van der Waals surface area contributed by atoms with Gasteiger partial charge >= 0.3 is 6.09 Å². The molecule has 7 nitrogen and oxygen atoms in total. The Morgan fingerprint density at radius 1 is 1.37 bits per heavy atom. The van der Waals surface area contributed by atoms with Crippen molar-refractivity contribution >= 4 is 12.0 Å². The summed E-state index contributed by atoms with van der Waals surface area (Å²) in [5.74, 6) is 1.18. The molecule has 150 valence electrons. The Morgan fingerprint density at radius 2 is 2.11 bits per heavy atom. The Hall–Kier alpha value is -2.05. The largest absolute Gasteiger partial charge is 0.441 e. The van der Waals surface area contributed by atoms with Gasteiger partial charge in [0.2, 0.25) is 5.91 Å². The molecule has 0 N–H and O–H groups in total. The molecule has 3 rings (SSSR count). The number of hydrogen-bond acceptors (Lipinski definition) is 4. The summed E-state index contributed by atoms with van der Waals surface area (Å²) in [5.41, 5.74) is -0.399. The van der Waals surface area contributed by atoms with Crippen molar-refractivity contribution in [2.45, 2.75) is 77.5 Å². The number of hydrogen-bond donors (Lipinski definition) is 0. The maximum absolute atomic E-state index is 12.5. The summed E-state index contributed by atoms with van der Waals surface area (Å²) in [4.78, 5) is 32.8. The molecule has 0 aromatic carbocycles. The average Bonchev–Trinajstić information content (AvgIpc) is 3.19. The van der Waals surface area contributed by atoms with Gasteiger partial charge in [-0.2, -0.15) is 0 Å². The van der Waals surface area contributed by atoms with E-state index in [1.54, 1.807) is 6.20 Å². The number of imidazole rings is 1. The maximum atomic E-state index is 12.5. The Labute approximate surface area is 161 Å². The molecule has 2 fully saturated rings. The minimum Gasteiger partial charge on any atom is -0.441 e. The molecule has 2 saturated heterocycles. The third kappa shape index (κ3) is 4.45. The predicted molar refractivity (Wildman–Crippen MR) is 102 cm³/mol. The van der Waals surface area contributed by atoms with Crippen LogP contribution in [0.15, 0.2) is 12.4 Å². The number of rotatable bonds is 7. The number of amides is 2. The number of carbonyl (C=O) groups is 2. The van der Waals surface area contributed by atoms with Gasteiger partial charge in [-0.25, -0.2) is 9.78 Å². The van der Waals surface area contributed by atoms with Gasteiger partial charge in [0, 0.05) is 57.3 Å². The van der Waals surface area contributed by atoms with Gasteiger partial charge in [0.05, 0.1) is 6.54 Å². The third-order valence-electron chi connectivity index (χ3n) is 5.98. The highest BCUT2D eigenvalue weighted by molar-refractivity contribution is 5.76. The van der Waals surface area contributed by atoms with Crippen molar-refractivity contribution in [1.29, 1.82) is 0 Å². The quantitative estimate of drug-likeness (QED) is 0.734. The number of nitrogens with zero attached hydrogens (tertiary/aromatic N) is 4. The van der Waals surface area contributed by atoms with Gasteiger partial charge in [-0.1, -0.05) is 13.3 Å². The van der Waals surface area contributed by atoms with Crippen LogP contribution in [0.25, 0.3) is 0 Å². The summed E-state index contributed by atoms with van der Waals surface area (Å²) in [6.45, 7) is 9.01. The Kier molecular flexibility index (Phi) is 6.07. The van der Waals surface area contributed by atoms with Crippen molar-refractivity contribution in [1.82, 2.24) is 19.4 Å². The lowest BCUT2D eigenvalue weighted by Gasteiger charge is -2.37. The Bertz CT molecular complexity index is 664. The topological polar surface area (TPSA) is 67.7 Å². The summed E-state index contributed by atoms with van der Waals surface area (Å²) in [5, 5.41) is 0. The van der Waals surface area contributed by atoms with Gasteiger partial charge in [0.25, 0.3) is 0 Å². The molecular formula is C20H32N4O3. The lowest BCUT2D eigenvalue weighted by atomic mass is 9.90. The van der Waals surface area contributed by atoms with Crippen LogP contribution in [0.5, 0.6) is 0 Å². The highest BCUT2D eigenvalue weighted by Crippen LogP contribution is 2.34. The molecular weight excluding hydrogens is 344 g/mol. The van der Waals surface area contributed by atoms with Crippen LogP contribution in [0.3, 0.4) is 0 Å². The summed E-state index contributed by atoms with van der Waals surface area (Å²) in [6.07, 6.45) is 8.43. The second-order valence-electron chi connectivity index (χ2n) is 7.97. The number of ether oxygens (including phenoxy) is 1. The van der Waals surface area contributed by atoms with Gasteiger partial charge in [-0.3, -0.25) is 4.79 Å². The molecule has 0 aliphatic carbocycles. The smallest absolute Gasteiger partial charge is 0.410 e. The van der Waals surface area contributed by atoms with Gasteiger partial charge in [-0.15, -0.1) is 0 Å². The monoisotopic (exact) mass is 376 g/mol. The van der Waals surface area contributed by atoms with Crippen LogP contribution >= 0.6 is 0 Å². The van der Waals surface area contributed by atoms with E-state index < -0.39 is 5.60 Å². The van der Waals surface area contributed by atoms with E-state index in [-0.39, 0.29) is 18.0 Å². The van der Waals surface area contributed by atoms with Crippen molar-refractivity contribution in [2.24, 2.45) is 0 Å². The lowest BCUT2D eigenvalue weighted by Crippen LogP contribution is -2.49. The standard InChI is InChI=1S/C20H32N4O3/c1-4-6-16(2)24-15-20(27-19(24)26)8-12-23(13-9-20)18(25)7-5-11-22-14-10-21-17(22)3/h10,14,16H,4-9,11-13,15H2,1-3H3/t16-/m1/s1.